The first-order valence-electron chi connectivity index (χ1n) is 13.3. The summed E-state index contributed by atoms with van der Waals surface area (Å²) in [5.74, 6) is 0.137. The molecule has 2 aromatic carbocycles. The van der Waals surface area contributed by atoms with Gasteiger partial charge in [-0.2, -0.15) is 0 Å². The van der Waals surface area contributed by atoms with E-state index in [9.17, 15) is 4.79 Å². The molecule has 0 spiro atoms. The van der Waals surface area contributed by atoms with Crippen molar-refractivity contribution in [2.45, 2.75) is 59.7 Å². The smallest absolute Gasteiger partial charge is 0.258 e. The highest BCUT2D eigenvalue weighted by Crippen LogP contribution is 2.33. The number of anilines is 2. The number of rotatable bonds is 8. The average Bonchev–Trinajstić information content (AvgIpc) is 3.36. The monoisotopic (exact) mass is 572 g/mol. The van der Waals surface area contributed by atoms with Gasteiger partial charge in [-0.05, 0) is 63.4 Å². The zero-order valence-electron chi connectivity index (χ0n) is 23.3. The number of nitrogens with one attached hydrogen (secondary N) is 1. The third kappa shape index (κ3) is 5.52. The van der Waals surface area contributed by atoms with Crippen molar-refractivity contribution in [2.24, 2.45) is 0 Å². The predicted octanol–water partition coefficient (Wildman–Crippen LogP) is 7.25. The van der Waals surface area contributed by atoms with Crippen LogP contribution in [-0.2, 0) is 13.0 Å². The van der Waals surface area contributed by atoms with Crippen LogP contribution in [0.15, 0.2) is 54.3 Å². The number of aromatic nitrogens is 3. The van der Waals surface area contributed by atoms with Crippen molar-refractivity contribution < 1.29 is 4.79 Å². The molecule has 7 nitrogen and oxygen atoms in total. The minimum absolute atomic E-state index is 0.236. The maximum Gasteiger partial charge on any atom is 0.258 e. The lowest BCUT2D eigenvalue weighted by molar-refractivity contribution is 0.102. The number of hydrogen-bond donors (Lipinski definition) is 2. The molecule has 0 saturated carbocycles. The van der Waals surface area contributed by atoms with Gasteiger partial charge in [0, 0.05) is 52.4 Å². The van der Waals surface area contributed by atoms with Crippen molar-refractivity contribution in [1.82, 2.24) is 19.9 Å². The molecule has 0 aliphatic carbocycles. The summed E-state index contributed by atoms with van der Waals surface area (Å²) in [6, 6.07) is 13.1. The van der Waals surface area contributed by atoms with Crippen LogP contribution in [0.3, 0.4) is 0 Å². The first-order chi connectivity index (χ1) is 19.1. The molecule has 0 aliphatic heterocycles. The molecule has 0 saturated heterocycles. The van der Waals surface area contributed by atoms with Crippen LogP contribution in [0.2, 0.25) is 5.02 Å². The SMILES string of the molecule is Cc1ccc2c(Cc3ccc(Cl)c(CN(C(C)C)C(C)C)c3)nccc2c1NC(=O)c1csc2c(N)ncnc12. The van der Waals surface area contributed by atoms with Crippen molar-refractivity contribution in [1.29, 1.82) is 0 Å². The van der Waals surface area contributed by atoms with Gasteiger partial charge in [0.15, 0.2) is 0 Å². The number of nitrogens with zero attached hydrogens (tertiary/aromatic N) is 4. The zero-order chi connectivity index (χ0) is 28.6. The molecule has 9 heteroatoms. The van der Waals surface area contributed by atoms with Crippen molar-refractivity contribution in [3.05, 3.63) is 87.3 Å². The van der Waals surface area contributed by atoms with E-state index in [1.807, 2.05) is 25.1 Å². The standard InChI is InChI=1S/C31H33ClN6OS/c1-17(2)38(18(3)4)14-21-12-20(7-9-25(21)32)13-26-22-8-6-19(5)27(23(22)10-11-34-26)37-31(39)24-15-40-29-28(24)35-16-36-30(29)33/h6-12,15-18H,13-14H2,1-5H3,(H,37,39)(H2,33,35,36). The van der Waals surface area contributed by atoms with E-state index in [2.05, 4.69) is 66.1 Å². The minimum Gasteiger partial charge on any atom is -0.382 e. The highest BCUT2D eigenvalue weighted by Gasteiger charge is 2.19. The minimum atomic E-state index is -0.236. The molecule has 5 aromatic rings. The van der Waals surface area contributed by atoms with Crippen molar-refractivity contribution in [3.8, 4) is 0 Å². The fourth-order valence-electron chi connectivity index (χ4n) is 5.15. The van der Waals surface area contributed by atoms with Crippen molar-refractivity contribution in [2.75, 3.05) is 11.1 Å². The maximum absolute atomic E-state index is 13.4. The van der Waals surface area contributed by atoms with E-state index in [0.717, 1.165) is 50.4 Å². The fraction of sp³-hybridized carbons (Fsp3) is 0.290. The molecule has 0 fully saturated rings. The number of benzene rings is 2. The molecule has 40 heavy (non-hydrogen) atoms. The molecular weight excluding hydrogens is 540 g/mol. The lowest BCUT2D eigenvalue weighted by atomic mass is 9.99. The molecule has 5 rings (SSSR count). The van der Waals surface area contributed by atoms with Gasteiger partial charge in [0.2, 0.25) is 0 Å². The van der Waals surface area contributed by atoms with E-state index in [1.165, 1.54) is 17.7 Å². The maximum atomic E-state index is 13.4. The first-order valence-corrected chi connectivity index (χ1v) is 14.6. The van der Waals surface area contributed by atoms with Gasteiger partial charge in [-0.15, -0.1) is 11.3 Å². The quantitative estimate of drug-likeness (QED) is 0.203. The zero-order valence-corrected chi connectivity index (χ0v) is 24.9. The average molecular weight is 573 g/mol. The first kappa shape index (κ1) is 28.0. The van der Waals surface area contributed by atoms with E-state index in [-0.39, 0.29) is 5.91 Å². The van der Waals surface area contributed by atoms with Gasteiger partial charge < -0.3 is 11.1 Å². The lowest BCUT2D eigenvalue weighted by Crippen LogP contribution is -2.36. The van der Waals surface area contributed by atoms with Gasteiger partial charge in [0.1, 0.15) is 12.1 Å². The fourth-order valence-corrected chi connectivity index (χ4v) is 6.23. The Hall–Kier alpha value is -3.59. The Morgan fingerprint density at radius 1 is 1.05 bits per heavy atom. The van der Waals surface area contributed by atoms with Gasteiger partial charge in [0.05, 0.1) is 27.2 Å². The molecular formula is C31H33ClN6OS. The summed E-state index contributed by atoms with van der Waals surface area (Å²) >= 11 is 7.99. The summed E-state index contributed by atoms with van der Waals surface area (Å²) in [7, 11) is 0. The van der Waals surface area contributed by atoms with Gasteiger partial charge in [-0.25, -0.2) is 9.97 Å². The number of amides is 1. The second-order valence-corrected chi connectivity index (χ2v) is 11.9. The van der Waals surface area contributed by atoms with Gasteiger partial charge >= 0.3 is 0 Å². The van der Waals surface area contributed by atoms with Crippen LogP contribution >= 0.6 is 22.9 Å². The number of halogens is 1. The molecule has 0 atom stereocenters. The van der Waals surface area contributed by atoms with Crippen molar-refractivity contribution >= 4 is 61.3 Å². The van der Waals surface area contributed by atoms with Gasteiger partial charge in [-0.3, -0.25) is 14.7 Å². The normalized spacial score (nSPS) is 11.8. The summed E-state index contributed by atoms with van der Waals surface area (Å²) in [6.45, 7) is 11.6. The lowest BCUT2D eigenvalue weighted by Gasteiger charge is -2.31. The van der Waals surface area contributed by atoms with E-state index >= 15 is 0 Å². The van der Waals surface area contributed by atoms with E-state index in [1.54, 1.807) is 11.6 Å². The Bertz CT molecular complexity index is 1710. The summed E-state index contributed by atoms with van der Waals surface area (Å²) in [5.41, 5.74) is 11.9. The molecule has 3 heterocycles. The van der Waals surface area contributed by atoms with E-state index in [4.69, 9.17) is 22.3 Å². The number of aryl methyl sites for hydroxylation is 1. The van der Waals surface area contributed by atoms with Gasteiger partial charge in [-0.1, -0.05) is 35.9 Å². The Kier molecular flexibility index (Phi) is 8.03. The number of carbonyl (C=O) groups is 1. The van der Waals surface area contributed by atoms with E-state index in [0.29, 0.717) is 40.1 Å². The summed E-state index contributed by atoms with van der Waals surface area (Å²) in [4.78, 5) is 28.9. The summed E-state index contributed by atoms with van der Waals surface area (Å²) < 4.78 is 0.709. The van der Waals surface area contributed by atoms with E-state index < -0.39 is 0 Å². The second-order valence-electron chi connectivity index (χ2n) is 10.6. The second kappa shape index (κ2) is 11.5. The molecule has 3 aromatic heterocycles. The van der Waals surface area contributed by atoms with Crippen LogP contribution in [0.5, 0.6) is 0 Å². The molecule has 0 unspecified atom stereocenters. The van der Waals surface area contributed by atoms with Gasteiger partial charge in [0.25, 0.3) is 5.91 Å². The van der Waals surface area contributed by atoms with Crippen LogP contribution in [0.1, 0.15) is 60.4 Å². The Balaban J connectivity index is 1.46. The topological polar surface area (TPSA) is 97.0 Å². The van der Waals surface area contributed by atoms with Crippen LogP contribution in [-0.4, -0.2) is 37.8 Å². The highest BCUT2D eigenvalue weighted by atomic mass is 35.5. The predicted molar refractivity (Wildman–Crippen MR) is 166 cm³/mol. The molecule has 206 valence electrons. The molecule has 0 radical (unpaired) electrons. The number of pyridine rings is 1. The molecule has 1 amide bonds. The molecule has 3 N–H and O–H groups in total. The third-order valence-corrected chi connectivity index (χ3v) is 8.62. The summed E-state index contributed by atoms with van der Waals surface area (Å²) in [6.07, 6.45) is 3.83. The number of thiophene rings is 1. The Morgan fingerprint density at radius 2 is 1.82 bits per heavy atom. The third-order valence-electron chi connectivity index (χ3n) is 7.26. The van der Waals surface area contributed by atoms with Crippen LogP contribution < -0.4 is 11.1 Å². The van der Waals surface area contributed by atoms with Crippen molar-refractivity contribution in [3.63, 3.8) is 0 Å². The van der Waals surface area contributed by atoms with Crippen LogP contribution in [0.4, 0.5) is 11.5 Å². The van der Waals surface area contributed by atoms with Crippen LogP contribution in [0, 0.1) is 6.92 Å². The Morgan fingerprint density at radius 3 is 2.58 bits per heavy atom. The number of carbonyl (C=O) groups excluding carboxylic acids is 1. The van der Waals surface area contributed by atoms with Crippen LogP contribution in [0.25, 0.3) is 21.0 Å². The summed E-state index contributed by atoms with van der Waals surface area (Å²) in [5, 5.41) is 7.61. The number of hydrogen-bond acceptors (Lipinski definition) is 7. The Labute approximate surface area is 243 Å². The molecule has 0 aliphatic rings. The largest absolute Gasteiger partial charge is 0.382 e. The molecule has 0 bridgehead atoms. The number of nitrogen functional groups attached to an aromatic ring is 1. The highest BCUT2D eigenvalue weighted by molar-refractivity contribution is 7.18. The number of fused-ring (bicyclic) bond motifs is 2. The number of nitrogens with two attached hydrogens (primary N) is 1.